The van der Waals surface area contributed by atoms with E-state index in [1.165, 1.54) is 0 Å². The summed E-state index contributed by atoms with van der Waals surface area (Å²) in [5.74, 6) is 0.373. The first-order chi connectivity index (χ1) is 8.66. The highest BCUT2D eigenvalue weighted by Crippen LogP contribution is 2.22. The van der Waals surface area contributed by atoms with Crippen LogP contribution in [0.4, 0.5) is 0 Å². The molecular weight excluding hydrogens is 224 g/mol. The molecule has 0 aliphatic heterocycles. The summed E-state index contributed by atoms with van der Waals surface area (Å²) in [6.45, 7) is 3.95. The van der Waals surface area contributed by atoms with Crippen molar-refractivity contribution >= 4 is 12.2 Å². The topological polar surface area (TPSA) is 46.0 Å². The minimum atomic E-state index is 0.171. The van der Waals surface area contributed by atoms with Gasteiger partial charge in [0.2, 0.25) is 0 Å². The average Bonchev–Trinajstić information content (AvgIpc) is 2.37. The van der Waals surface area contributed by atoms with Crippen LogP contribution in [-0.2, 0) is 0 Å². The first kappa shape index (κ1) is 12.3. The third kappa shape index (κ3) is 2.94. The van der Waals surface area contributed by atoms with Gasteiger partial charge in [-0.2, -0.15) is 10.2 Å². The standard InChI is InChI=1S/C15H16N2O/c1-11(2)15-14(18)10-13(16-17-15)9-8-12-6-4-3-5-7-12/h3-11H,1-2H3,(H,16,18)/b9-8+. The Kier molecular flexibility index (Phi) is 3.72. The van der Waals surface area contributed by atoms with Gasteiger partial charge in [-0.05, 0) is 11.6 Å². The van der Waals surface area contributed by atoms with Gasteiger partial charge in [-0.3, -0.25) is 0 Å². The minimum absolute atomic E-state index is 0.171. The second-order valence-corrected chi connectivity index (χ2v) is 4.44. The van der Waals surface area contributed by atoms with Crippen molar-refractivity contribution in [2.45, 2.75) is 19.8 Å². The molecule has 0 radical (unpaired) electrons. The lowest BCUT2D eigenvalue weighted by atomic mass is 10.1. The number of hydrogen-bond donors (Lipinski definition) is 1. The Hall–Kier alpha value is -2.16. The summed E-state index contributed by atoms with van der Waals surface area (Å²) in [6.07, 6.45) is 3.78. The van der Waals surface area contributed by atoms with E-state index in [1.807, 2.05) is 56.3 Å². The Labute approximate surface area is 107 Å². The Bertz CT molecular complexity index is 548. The maximum absolute atomic E-state index is 9.82. The van der Waals surface area contributed by atoms with Crippen molar-refractivity contribution in [3.05, 3.63) is 53.3 Å². The lowest BCUT2D eigenvalue weighted by Crippen LogP contribution is -1.97. The van der Waals surface area contributed by atoms with E-state index in [0.717, 1.165) is 5.56 Å². The summed E-state index contributed by atoms with van der Waals surface area (Å²) >= 11 is 0. The highest BCUT2D eigenvalue weighted by atomic mass is 16.3. The molecule has 0 spiro atoms. The first-order valence-electron chi connectivity index (χ1n) is 5.96. The second-order valence-electron chi connectivity index (χ2n) is 4.44. The van der Waals surface area contributed by atoms with Gasteiger partial charge in [0.05, 0.1) is 5.69 Å². The summed E-state index contributed by atoms with van der Waals surface area (Å²) in [5, 5.41) is 17.9. The highest BCUT2D eigenvalue weighted by Gasteiger charge is 2.08. The van der Waals surface area contributed by atoms with Crippen molar-refractivity contribution in [1.29, 1.82) is 0 Å². The molecular formula is C15H16N2O. The first-order valence-corrected chi connectivity index (χ1v) is 5.96. The zero-order valence-electron chi connectivity index (χ0n) is 10.5. The summed E-state index contributed by atoms with van der Waals surface area (Å²) in [6, 6.07) is 11.6. The summed E-state index contributed by atoms with van der Waals surface area (Å²) < 4.78 is 0. The molecule has 0 bridgehead atoms. The SMILES string of the molecule is CC(C)c1nnc(/C=C/c2ccccc2)cc1O. The maximum atomic E-state index is 9.82. The van der Waals surface area contributed by atoms with Crippen LogP contribution in [0, 0.1) is 0 Å². The van der Waals surface area contributed by atoms with Crippen molar-refractivity contribution in [3.8, 4) is 5.75 Å². The Morgan fingerprint density at radius 2 is 1.78 bits per heavy atom. The molecule has 18 heavy (non-hydrogen) atoms. The van der Waals surface area contributed by atoms with Crippen LogP contribution < -0.4 is 0 Å². The lowest BCUT2D eigenvalue weighted by Gasteiger charge is -2.05. The molecule has 1 aromatic heterocycles. The zero-order valence-corrected chi connectivity index (χ0v) is 10.5. The third-order valence-electron chi connectivity index (χ3n) is 2.61. The van der Waals surface area contributed by atoms with Gasteiger partial charge in [-0.25, -0.2) is 0 Å². The van der Waals surface area contributed by atoms with Gasteiger partial charge < -0.3 is 5.11 Å². The quantitative estimate of drug-likeness (QED) is 0.893. The molecule has 1 aromatic carbocycles. The van der Waals surface area contributed by atoms with E-state index in [2.05, 4.69) is 10.2 Å². The van der Waals surface area contributed by atoms with E-state index in [0.29, 0.717) is 11.4 Å². The van der Waals surface area contributed by atoms with Crippen LogP contribution in [0.2, 0.25) is 0 Å². The number of nitrogens with zero attached hydrogens (tertiary/aromatic N) is 2. The summed E-state index contributed by atoms with van der Waals surface area (Å²) in [5.41, 5.74) is 2.37. The predicted octanol–water partition coefficient (Wildman–Crippen LogP) is 3.48. The molecule has 2 rings (SSSR count). The van der Waals surface area contributed by atoms with Crippen molar-refractivity contribution < 1.29 is 5.11 Å². The Balaban J connectivity index is 2.21. The molecule has 92 valence electrons. The maximum Gasteiger partial charge on any atom is 0.141 e. The number of aromatic hydroxyl groups is 1. The Morgan fingerprint density at radius 3 is 2.39 bits per heavy atom. The van der Waals surface area contributed by atoms with Gasteiger partial charge in [-0.15, -0.1) is 0 Å². The number of benzene rings is 1. The molecule has 0 aliphatic rings. The highest BCUT2D eigenvalue weighted by molar-refractivity contribution is 5.68. The molecule has 3 nitrogen and oxygen atoms in total. The van der Waals surface area contributed by atoms with E-state index in [9.17, 15) is 5.11 Å². The van der Waals surface area contributed by atoms with E-state index >= 15 is 0 Å². The number of rotatable bonds is 3. The van der Waals surface area contributed by atoms with Crippen LogP contribution in [0.5, 0.6) is 5.75 Å². The lowest BCUT2D eigenvalue weighted by molar-refractivity contribution is 0.456. The van der Waals surface area contributed by atoms with Gasteiger partial charge in [0, 0.05) is 12.0 Å². The third-order valence-corrected chi connectivity index (χ3v) is 2.61. The van der Waals surface area contributed by atoms with Crippen LogP contribution in [-0.4, -0.2) is 15.3 Å². The predicted molar refractivity (Wildman–Crippen MR) is 73.2 cm³/mol. The average molecular weight is 240 g/mol. The van der Waals surface area contributed by atoms with Crippen molar-refractivity contribution in [2.24, 2.45) is 0 Å². The minimum Gasteiger partial charge on any atom is -0.506 e. The van der Waals surface area contributed by atoms with Gasteiger partial charge in [0.15, 0.2) is 0 Å². The number of aromatic nitrogens is 2. The summed E-state index contributed by atoms with van der Waals surface area (Å²) in [7, 11) is 0. The van der Waals surface area contributed by atoms with E-state index in [4.69, 9.17) is 0 Å². The largest absolute Gasteiger partial charge is 0.506 e. The van der Waals surface area contributed by atoms with E-state index < -0.39 is 0 Å². The fourth-order valence-corrected chi connectivity index (χ4v) is 1.64. The van der Waals surface area contributed by atoms with E-state index in [-0.39, 0.29) is 11.7 Å². The summed E-state index contributed by atoms with van der Waals surface area (Å²) in [4.78, 5) is 0. The molecule has 2 aromatic rings. The van der Waals surface area contributed by atoms with Gasteiger partial charge in [0.1, 0.15) is 11.4 Å². The van der Waals surface area contributed by atoms with Crippen LogP contribution in [0.3, 0.4) is 0 Å². The van der Waals surface area contributed by atoms with Crippen LogP contribution >= 0.6 is 0 Å². The van der Waals surface area contributed by atoms with Crippen LogP contribution in [0.25, 0.3) is 12.2 Å². The molecule has 0 saturated heterocycles. The van der Waals surface area contributed by atoms with Crippen molar-refractivity contribution in [3.63, 3.8) is 0 Å². The van der Waals surface area contributed by atoms with Gasteiger partial charge >= 0.3 is 0 Å². The van der Waals surface area contributed by atoms with Crippen LogP contribution in [0.15, 0.2) is 36.4 Å². The normalized spacial score (nSPS) is 11.3. The molecule has 0 atom stereocenters. The Morgan fingerprint density at radius 1 is 1.06 bits per heavy atom. The smallest absolute Gasteiger partial charge is 0.141 e. The number of hydrogen-bond acceptors (Lipinski definition) is 3. The molecule has 0 amide bonds. The van der Waals surface area contributed by atoms with Gasteiger partial charge in [0.25, 0.3) is 0 Å². The van der Waals surface area contributed by atoms with Crippen molar-refractivity contribution in [1.82, 2.24) is 10.2 Å². The molecule has 1 N–H and O–H groups in total. The molecule has 3 heteroatoms. The van der Waals surface area contributed by atoms with Crippen molar-refractivity contribution in [2.75, 3.05) is 0 Å². The second kappa shape index (κ2) is 5.45. The van der Waals surface area contributed by atoms with Crippen LogP contribution in [0.1, 0.15) is 36.7 Å². The fourth-order valence-electron chi connectivity index (χ4n) is 1.64. The fraction of sp³-hybridized carbons (Fsp3) is 0.200. The zero-order chi connectivity index (χ0) is 13.0. The molecule has 1 heterocycles. The molecule has 0 aliphatic carbocycles. The monoisotopic (exact) mass is 240 g/mol. The van der Waals surface area contributed by atoms with Gasteiger partial charge in [-0.1, -0.05) is 50.3 Å². The molecule has 0 fully saturated rings. The molecule has 0 unspecified atom stereocenters. The molecule has 0 saturated carbocycles. The van der Waals surface area contributed by atoms with E-state index in [1.54, 1.807) is 6.07 Å².